The molecule has 1 aliphatic rings. The molecule has 0 amide bonds. The summed E-state index contributed by atoms with van der Waals surface area (Å²) in [6.45, 7) is 8.01. The van der Waals surface area contributed by atoms with Crippen molar-refractivity contribution in [2.45, 2.75) is 32.9 Å². The van der Waals surface area contributed by atoms with Gasteiger partial charge in [-0.3, -0.25) is 4.90 Å². The summed E-state index contributed by atoms with van der Waals surface area (Å²) >= 11 is 0. The van der Waals surface area contributed by atoms with Crippen molar-refractivity contribution < 1.29 is 4.52 Å². The molecular weight excluding hydrogens is 262 g/mol. The van der Waals surface area contributed by atoms with E-state index in [1.165, 1.54) is 11.1 Å². The minimum absolute atomic E-state index is 0.398. The van der Waals surface area contributed by atoms with Crippen LogP contribution >= 0.6 is 0 Å². The summed E-state index contributed by atoms with van der Waals surface area (Å²) < 4.78 is 5.38. The van der Waals surface area contributed by atoms with Gasteiger partial charge in [-0.25, -0.2) is 0 Å². The van der Waals surface area contributed by atoms with Crippen LogP contribution in [0.4, 0.5) is 0 Å². The highest BCUT2D eigenvalue weighted by atomic mass is 16.5. The molecule has 0 spiro atoms. The van der Waals surface area contributed by atoms with Crippen LogP contribution < -0.4 is 5.32 Å². The van der Waals surface area contributed by atoms with Gasteiger partial charge < -0.3 is 9.84 Å². The molecule has 1 aliphatic heterocycles. The van der Waals surface area contributed by atoms with E-state index in [9.17, 15) is 0 Å². The average molecular weight is 285 g/mol. The van der Waals surface area contributed by atoms with Crippen LogP contribution in [-0.4, -0.2) is 29.7 Å². The average Bonchev–Trinajstić information content (AvgIpc) is 2.93. The van der Waals surface area contributed by atoms with Crippen molar-refractivity contribution in [3.05, 3.63) is 52.9 Å². The van der Waals surface area contributed by atoms with E-state index in [1.54, 1.807) is 0 Å². The Labute approximate surface area is 126 Å². The maximum Gasteiger partial charge on any atom is 0.150 e. The van der Waals surface area contributed by atoms with E-state index in [2.05, 4.69) is 46.6 Å². The third kappa shape index (κ3) is 3.34. The molecule has 3 rings (SSSR count). The number of nitrogens with zero attached hydrogens (tertiary/aromatic N) is 2. The van der Waals surface area contributed by atoms with Crippen molar-refractivity contribution in [3.63, 3.8) is 0 Å². The van der Waals surface area contributed by atoms with E-state index in [1.807, 2.05) is 13.0 Å². The fourth-order valence-corrected chi connectivity index (χ4v) is 2.93. The van der Waals surface area contributed by atoms with E-state index in [0.717, 1.165) is 44.1 Å². The number of rotatable bonds is 4. The molecule has 1 N–H and O–H groups in total. The van der Waals surface area contributed by atoms with Gasteiger partial charge in [-0.15, -0.1) is 0 Å². The SMILES string of the molecule is CCc1ccc(C2CNCCN2Cc2cc(C)no2)cc1. The van der Waals surface area contributed by atoms with E-state index in [0.29, 0.717) is 6.04 Å². The highest BCUT2D eigenvalue weighted by Gasteiger charge is 2.24. The maximum atomic E-state index is 5.38. The zero-order valence-electron chi connectivity index (χ0n) is 12.8. The molecule has 4 heteroatoms. The second kappa shape index (κ2) is 6.41. The van der Waals surface area contributed by atoms with Crippen LogP contribution in [0.15, 0.2) is 34.9 Å². The Morgan fingerprint density at radius 2 is 2.14 bits per heavy atom. The molecule has 4 nitrogen and oxygen atoms in total. The normalized spacial score (nSPS) is 19.8. The van der Waals surface area contributed by atoms with Gasteiger partial charge >= 0.3 is 0 Å². The minimum atomic E-state index is 0.398. The Morgan fingerprint density at radius 1 is 1.33 bits per heavy atom. The van der Waals surface area contributed by atoms with Gasteiger partial charge in [-0.1, -0.05) is 36.3 Å². The quantitative estimate of drug-likeness (QED) is 0.938. The second-order valence-corrected chi connectivity index (χ2v) is 5.72. The zero-order chi connectivity index (χ0) is 14.7. The number of piperazine rings is 1. The summed E-state index contributed by atoms with van der Waals surface area (Å²) in [5.74, 6) is 0.949. The lowest BCUT2D eigenvalue weighted by Crippen LogP contribution is -2.45. The van der Waals surface area contributed by atoms with Crippen LogP contribution in [0.1, 0.15) is 35.5 Å². The Kier molecular flexibility index (Phi) is 4.36. The van der Waals surface area contributed by atoms with Gasteiger partial charge in [0, 0.05) is 31.7 Å². The zero-order valence-corrected chi connectivity index (χ0v) is 12.8. The van der Waals surface area contributed by atoms with Crippen molar-refractivity contribution >= 4 is 0 Å². The number of hydrogen-bond acceptors (Lipinski definition) is 4. The van der Waals surface area contributed by atoms with E-state index < -0.39 is 0 Å². The maximum absolute atomic E-state index is 5.38. The summed E-state index contributed by atoms with van der Waals surface area (Å²) in [6, 6.07) is 11.4. The van der Waals surface area contributed by atoms with Gasteiger partial charge in [-0.05, 0) is 24.5 Å². The highest BCUT2D eigenvalue weighted by molar-refractivity contribution is 5.26. The van der Waals surface area contributed by atoms with Crippen molar-refractivity contribution in [2.75, 3.05) is 19.6 Å². The van der Waals surface area contributed by atoms with Gasteiger partial charge in [0.25, 0.3) is 0 Å². The second-order valence-electron chi connectivity index (χ2n) is 5.72. The van der Waals surface area contributed by atoms with Gasteiger partial charge in [0.05, 0.1) is 12.2 Å². The van der Waals surface area contributed by atoms with Gasteiger partial charge in [0.1, 0.15) is 0 Å². The lowest BCUT2D eigenvalue weighted by Gasteiger charge is -2.35. The van der Waals surface area contributed by atoms with Crippen LogP contribution in [0.25, 0.3) is 0 Å². The first-order valence-corrected chi connectivity index (χ1v) is 7.72. The first-order chi connectivity index (χ1) is 10.3. The molecule has 2 heterocycles. The van der Waals surface area contributed by atoms with Crippen LogP contribution in [0.2, 0.25) is 0 Å². The van der Waals surface area contributed by atoms with E-state index in [4.69, 9.17) is 4.52 Å². The summed E-state index contributed by atoms with van der Waals surface area (Å²) in [5.41, 5.74) is 3.71. The molecule has 1 saturated heterocycles. The van der Waals surface area contributed by atoms with Gasteiger partial charge in [-0.2, -0.15) is 0 Å². The number of nitrogens with one attached hydrogen (secondary N) is 1. The Morgan fingerprint density at radius 3 is 2.81 bits per heavy atom. The fraction of sp³-hybridized carbons (Fsp3) is 0.471. The largest absolute Gasteiger partial charge is 0.360 e. The number of benzene rings is 1. The first kappa shape index (κ1) is 14.3. The summed E-state index contributed by atoms with van der Waals surface area (Å²) in [6.07, 6.45) is 1.09. The summed E-state index contributed by atoms with van der Waals surface area (Å²) in [5, 5.41) is 7.48. The summed E-state index contributed by atoms with van der Waals surface area (Å²) in [4.78, 5) is 2.47. The topological polar surface area (TPSA) is 41.3 Å². The predicted molar refractivity (Wildman–Crippen MR) is 83.1 cm³/mol. The monoisotopic (exact) mass is 285 g/mol. The molecule has 2 aromatic rings. The smallest absolute Gasteiger partial charge is 0.150 e. The predicted octanol–water partition coefficient (Wildman–Crippen LogP) is 2.69. The molecule has 1 atom stereocenters. The van der Waals surface area contributed by atoms with E-state index in [-0.39, 0.29) is 0 Å². The van der Waals surface area contributed by atoms with Crippen molar-refractivity contribution in [2.24, 2.45) is 0 Å². The third-order valence-corrected chi connectivity index (χ3v) is 4.16. The lowest BCUT2D eigenvalue weighted by atomic mass is 10.0. The summed E-state index contributed by atoms with van der Waals surface area (Å²) in [7, 11) is 0. The Bertz CT molecular complexity index is 576. The van der Waals surface area contributed by atoms with Crippen LogP contribution in [0.5, 0.6) is 0 Å². The van der Waals surface area contributed by atoms with Gasteiger partial charge in [0.15, 0.2) is 5.76 Å². The molecule has 112 valence electrons. The molecule has 1 fully saturated rings. The molecule has 0 aliphatic carbocycles. The molecule has 1 aromatic carbocycles. The number of hydrogen-bond donors (Lipinski definition) is 1. The highest BCUT2D eigenvalue weighted by Crippen LogP contribution is 2.24. The van der Waals surface area contributed by atoms with Crippen LogP contribution in [0.3, 0.4) is 0 Å². The van der Waals surface area contributed by atoms with Crippen molar-refractivity contribution in [3.8, 4) is 0 Å². The molecule has 0 radical (unpaired) electrons. The fourth-order valence-electron chi connectivity index (χ4n) is 2.93. The number of aromatic nitrogens is 1. The van der Waals surface area contributed by atoms with Gasteiger partial charge in [0.2, 0.25) is 0 Å². The molecule has 1 unspecified atom stereocenters. The molecular formula is C17H23N3O. The lowest BCUT2D eigenvalue weighted by molar-refractivity contribution is 0.138. The van der Waals surface area contributed by atoms with Crippen molar-refractivity contribution in [1.29, 1.82) is 0 Å². The number of aryl methyl sites for hydroxylation is 2. The molecule has 1 aromatic heterocycles. The standard InChI is InChI=1S/C17H23N3O/c1-3-14-4-6-15(7-5-14)17-11-18-8-9-20(17)12-16-10-13(2)19-21-16/h4-7,10,17-18H,3,8-9,11-12H2,1-2H3. The molecule has 0 saturated carbocycles. The molecule has 21 heavy (non-hydrogen) atoms. The Hall–Kier alpha value is -1.65. The third-order valence-electron chi connectivity index (χ3n) is 4.16. The van der Waals surface area contributed by atoms with Crippen LogP contribution in [0, 0.1) is 6.92 Å². The van der Waals surface area contributed by atoms with Crippen molar-refractivity contribution in [1.82, 2.24) is 15.4 Å². The van der Waals surface area contributed by atoms with Crippen LogP contribution in [-0.2, 0) is 13.0 Å². The van der Waals surface area contributed by atoms with E-state index >= 15 is 0 Å². The Balaban J connectivity index is 1.76. The first-order valence-electron chi connectivity index (χ1n) is 7.72. The molecule has 0 bridgehead atoms. The minimum Gasteiger partial charge on any atom is -0.360 e.